The summed E-state index contributed by atoms with van der Waals surface area (Å²) in [6.45, 7) is 4.28. The summed E-state index contributed by atoms with van der Waals surface area (Å²) in [6, 6.07) is 5.69. The Morgan fingerprint density at radius 1 is 1.32 bits per heavy atom. The number of imidazole rings is 1. The van der Waals surface area contributed by atoms with Gasteiger partial charge < -0.3 is 24.8 Å². The van der Waals surface area contributed by atoms with E-state index in [0.29, 0.717) is 26.2 Å². The highest BCUT2D eigenvalue weighted by atomic mass is 16.6. The first-order chi connectivity index (χ1) is 12.1. The molecule has 4 rings (SSSR count). The first-order valence-corrected chi connectivity index (χ1v) is 8.56. The van der Waals surface area contributed by atoms with Crippen LogP contribution >= 0.6 is 0 Å². The zero-order valence-electron chi connectivity index (χ0n) is 14.1. The van der Waals surface area contributed by atoms with Crippen molar-refractivity contribution in [2.75, 3.05) is 31.6 Å². The van der Waals surface area contributed by atoms with Crippen LogP contribution in [-0.4, -0.2) is 64.2 Å². The average molecular weight is 343 g/mol. The number of fused-ring (bicyclic) bond motifs is 1. The van der Waals surface area contributed by atoms with Crippen molar-refractivity contribution in [3.05, 3.63) is 24.0 Å². The minimum Gasteiger partial charge on any atom is -0.448 e. The lowest BCUT2D eigenvalue weighted by Crippen LogP contribution is -2.48. The van der Waals surface area contributed by atoms with Gasteiger partial charge in [0.15, 0.2) is 0 Å². The van der Waals surface area contributed by atoms with Crippen molar-refractivity contribution in [1.82, 2.24) is 19.8 Å². The van der Waals surface area contributed by atoms with Gasteiger partial charge >= 0.3 is 12.1 Å². The van der Waals surface area contributed by atoms with Gasteiger partial charge in [-0.3, -0.25) is 0 Å². The third-order valence-corrected chi connectivity index (χ3v) is 4.84. The summed E-state index contributed by atoms with van der Waals surface area (Å²) in [6.07, 6.45) is 1.33. The van der Waals surface area contributed by atoms with Crippen LogP contribution in [0.25, 0.3) is 11.0 Å². The van der Waals surface area contributed by atoms with Crippen LogP contribution in [0.1, 0.15) is 18.7 Å². The molecule has 0 spiro atoms. The third-order valence-electron chi connectivity index (χ3n) is 4.84. The molecule has 0 saturated carbocycles. The predicted molar refractivity (Wildman–Crippen MR) is 92.5 cm³/mol. The normalized spacial score (nSPS) is 18.7. The number of carbonyl (C=O) groups is 2. The van der Waals surface area contributed by atoms with E-state index in [1.807, 2.05) is 25.1 Å². The molecule has 2 saturated heterocycles. The number of benzene rings is 1. The number of hydrogen-bond acceptors (Lipinski definition) is 4. The lowest BCUT2D eigenvalue weighted by molar-refractivity contribution is 0.125. The molecule has 2 N–H and O–H groups in total. The number of anilines is 1. The molecule has 0 bridgehead atoms. The summed E-state index contributed by atoms with van der Waals surface area (Å²) in [5, 5.41) is 2.94. The van der Waals surface area contributed by atoms with Gasteiger partial charge in [-0.2, -0.15) is 0 Å². The number of nitrogens with zero attached hydrogens (tertiary/aromatic N) is 3. The maximum Gasteiger partial charge on any atom is 0.410 e. The Morgan fingerprint density at radius 3 is 2.84 bits per heavy atom. The van der Waals surface area contributed by atoms with Gasteiger partial charge in [0.05, 0.1) is 17.6 Å². The summed E-state index contributed by atoms with van der Waals surface area (Å²) in [5.74, 6) is 0.848. The van der Waals surface area contributed by atoms with Crippen molar-refractivity contribution in [2.24, 2.45) is 0 Å². The van der Waals surface area contributed by atoms with Crippen LogP contribution in [0.3, 0.4) is 0 Å². The number of H-pyrrole nitrogens is 1. The molecular weight excluding hydrogens is 322 g/mol. The second-order valence-corrected chi connectivity index (χ2v) is 6.51. The fourth-order valence-corrected chi connectivity index (χ4v) is 3.54. The van der Waals surface area contributed by atoms with E-state index in [4.69, 9.17) is 4.74 Å². The fraction of sp³-hybridized carbons (Fsp3) is 0.471. The van der Waals surface area contributed by atoms with Crippen LogP contribution in [0, 0.1) is 6.92 Å². The summed E-state index contributed by atoms with van der Waals surface area (Å²) in [4.78, 5) is 35.2. The van der Waals surface area contributed by atoms with Gasteiger partial charge in [-0.25, -0.2) is 14.6 Å². The highest BCUT2D eigenvalue weighted by molar-refractivity contribution is 5.92. The molecule has 3 heterocycles. The number of nitrogens with one attached hydrogen (secondary N) is 2. The molecule has 0 radical (unpaired) electrons. The number of aromatic nitrogens is 2. The minimum absolute atomic E-state index is 0.113. The monoisotopic (exact) mass is 343 g/mol. The van der Waals surface area contributed by atoms with E-state index < -0.39 is 0 Å². The Balaban J connectivity index is 1.36. The topological polar surface area (TPSA) is 90.6 Å². The average Bonchev–Trinajstić information content (AvgIpc) is 3.19. The highest BCUT2D eigenvalue weighted by Crippen LogP contribution is 2.21. The van der Waals surface area contributed by atoms with E-state index >= 15 is 0 Å². The van der Waals surface area contributed by atoms with E-state index in [2.05, 4.69) is 15.3 Å². The lowest BCUT2D eigenvalue weighted by Gasteiger charge is -2.35. The molecule has 0 aliphatic carbocycles. The third kappa shape index (κ3) is 3.11. The van der Waals surface area contributed by atoms with Crippen molar-refractivity contribution < 1.29 is 14.3 Å². The number of likely N-dealkylation sites (tertiary alicyclic amines) is 1. The van der Waals surface area contributed by atoms with E-state index in [-0.39, 0.29) is 18.2 Å². The second-order valence-electron chi connectivity index (χ2n) is 6.51. The number of hydrogen-bond donors (Lipinski definition) is 2. The lowest BCUT2D eigenvalue weighted by atomic mass is 10.0. The standard InChI is InChI=1S/C17H21N5O3/c1-11-18-14-3-2-12(10-15(14)19-11)20-16(23)21-6-4-13(5-7-21)22-8-9-25-17(22)24/h2-3,10,13H,4-9H2,1H3,(H,18,19)(H,20,23). The molecule has 1 aromatic heterocycles. The smallest absolute Gasteiger partial charge is 0.410 e. The van der Waals surface area contributed by atoms with Gasteiger partial charge in [-0.1, -0.05) is 0 Å². The Labute approximate surface area is 145 Å². The first-order valence-electron chi connectivity index (χ1n) is 8.56. The maximum absolute atomic E-state index is 12.5. The molecule has 3 amide bonds. The number of aryl methyl sites for hydroxylation is 1. The molecule has 2 aliphatic rings. The van der Waals surface area contributed by atoms with Crippen LogP contribution in [0.2, 0.25) is 0 Å². The number of ether oxygens (including phenoxy) is 1. The molecule has 0 unspecified atom stereocenters. The molecule has 8 heteroatoms. The van der Waals surface area contributed by atoms with Crippen LogP contribution in [0.15, 0.2) is 18.2 Å². The largest absolute Gasteiger partial charge is 0.448 e. The fourth-order valence-electron chi connectivity index (χ4n) is 3.54. The van der Waals surface area contributed by atoms with Crippen LogP contribution in [0.4, 0.5) is 15.3 Å². The predicted octanol–water partition coefficient (Wildman–Crippen LogP) is 2.32. The minimum atomic E-state index is -0.231. The van der Waals surface area contributed by atoms with Crippen LogP contribution in [-0.2, 0) is 4.74 Å². The summed E-state index contributed by atoms with van der Waals surface area (Å²) in [5.41, 5.74) is 2.53. The SMILES string of the molecule is Cc1nc2ccc(NC(=O)N3CCC(N4CCOC4=O)CC3)cc2[nH]1. The number of rotatable bonds is 2. The molecule has 1 aromatic carbocycles. The number of piperidine rings is 1. The molecule has 132 valence electrons. The van der Waals surface area contributed by atoms with E-state index in [1.54, 1.807) is 9.80 Å². The van der Waals surface area contributed by atoms with Crippen molar-refractivity contribution in [2.45, 2.75) is 25.8 Å². The van der Waals surface area contributed by atoms with Gasteiger partial charge in [-0.15, -0.1) is 0 Å². The Morgan fingerprint density at radius 2 is 2.12 bits per heavy atom. The highest BCUT2D eigenvalue weighted by Gasteiger charge is 2.33. The molecule has 8 nitrogen and oxygen atoms in total. The van der Waals surface area contributed by atoms with Crippen molar-refractivity contribution in [3.8, 4) is 0 Å². The molecule has 2 aliphatic heterocycles. The first kappa shape index (κ1) is 15.7. The Kier molecular flexibility index (Phi) is 3.95. The van der Waals surface area contributed by atoms with Gasteiger partial charge in [-0.05, 0) is 38.0 Å². The van der Waals surface area contributed by atoms with Crippen LogP contribution < -0.4 is 5.32 Å². The van der Waals surface area contributed by atoms with E-state index in [9.17, 15) is 9.59 Å². The van der Waals surface area contributed by atoms with Gasteiger partial charge in [0.25, 0.3) is 0 Å². The quantitative estimate of drug-likeness (QED) is 0.875. The van der Waals surface area contributed by atoms with Gasteiger partial charge in [0.1, 0.15) is 12.4 Å². The summed E-state index contributed by atoms with van der Waals surface area (Å²) < 4.78 is 4.99. The number of aromatic amines is 1. The van der Waals surface area contributed by atoms with Gasteiger partial charge in [0, 0.05) is 24.8 Å². The number of urea groups is 1. The molecule has 0 atom stereocenters. The summed E-state index contributed by atoms with van der Waals surface area (Å²) in [7, 11) is 0. The zero-order chi connectivity index (χ0) is 17.4. The maximum atomic E-state index is 12.5. The second kappa shape index (κ2) is 6.27. The van der Waals surface area contributed by atoms with Crippen LogP contribution in [0.5, 0.6) is 0 Å². The van der Waals surface area contributed by atoms with Crippen molar-refractivity contribution in [1.29, 1.82) is 0 Å². The van der Waals surface area contributed by atoms with Crippen molar-refractivity contribution >= 4 is 28.8 Å². The van der Waals surface area contributed by atoms with Gasteiger partial charge in [0.2, 0.25) is 0 Å². The summed E-state index contributed by atoms with van der Waals surface area (Å²) >= 11 is 0. The van der Waals surface area contributed by atoms with E-state index in [0.717, 1.165) is 35.4 Å². The number of amides is 3. The van der Waals surface area contributed by atoms with Crippen molar-refractivity contribution in [3.63, 3.8) is 0 Å². The molecule has 25 heavy (non-hydrogen) atoms. The number of carbonyl (C=O) groups excluding carboxylic acids is 2. The van der Waals surface area contributed by atoms with E-state index in [1.165, 1.54) is 0 Å². The molecule has 2 aromatic rings. The Bertz CT molecular complexity index is 810. The Hall–Kier alpha value is -2.77. The zero-order valence-corrected chi connectivity index (χ0v) is 14.1. The molecular formula is C17H21N5O3. The number of cyclic esters (lactones) is 1. The molecule has 2 fully saturated rings.